The van der Waals surface area contributed by atoms with E-state index in [-0.39, 0.29) is 29.3 Å². The number of ether oxygens (including phenoxy) is 1. The Kier molecular flexibility index (Phi) is 9.02. The maximum Gasteiger partial charge on any atom is 0.292 e. The van der Waals surface area contributed by atoms with E-state index < -0.39 is 10.8 Å². The lowest BCUT2D eigenvalue weighted by molar-refractivity contribution is -0.383. The molecule has 0 aliphatic rings. The molecule has 0 heterocycles. The highest BCUT2D eigenvalue weighted by atomic mass is 35.5. The number of nitro benzene ring substituents is 1. The minimum absolute atomic E-state index is 0. The Morgan fingerprint density at radius 3 is 2.71 bits per heavy atom. The second-order valence-corrected chi connectivity index (χ2v) is 3.99. The van der Waals surface area contributed by atoms with Crippen LogP contribution in [0.4, 0.5) is 11.4 Å². The molecule has 0 aliphatic heterocycles. The molecule has 0 radical (unpaired) electrons. The molecule has 4 N–H and O–H groups in total. The van der Waals surface area contributed by atoms with E-state index in [1.807, 2.05) is 0 Å². The summed E-state index contributed by atoms with van der Waals surface area (Å²) in [5.74, 6) is -0.431. The van der Waals surface area contributed by atoms with Gasteiger partial charge in [-0.25, -0.2) is 0 Å². The van der Waals surface area contributed by atoms with Crippen LogP contribution in [0.3, 0.4) is 0 Å². The molecular weight excluding hydrogens is 300 g/mol. The number of nitrogens with one attached hydrogen (secondary N) is 2. The van der Waals surface area contributed by atoms with Gasteiger partial charge in [0.2, 0.25) is 0 Å². The summed E-state index contributed by atoms with van der Waals surface area (Å²) in [4.78, 5) is 22.0. The summed E-state index contributed by atoms with van der Waals surface area (Å²) in [6, 6.07) is 4.15. The molecule has 0 fully saturated rings. The average Bonchev–Trinajstić information content (AvgIpc) is 2.42. The second kappa shape index (κ2) is 9.92. The Balaban J connectivity index is 0.00000400. The summed E-state index contributed by atoms with van der Waals surface area (Å²) < 4.78 is 4.86. The van der Waals surface area contributed by atoms with Crippen LogP contribution < -0.4 is 16.4 Å². The molecule has 1 rings (SSSR count). The molecule has 0 aromatic heterocycles. The molecule has 1 amide bonds. The molecule has 0 atom stereocenters. The van der Waals surface area contributed by atoms with Crippen molar-refractivity contribution in [1.29, 1.82) is 0 Å². The van der Waals surface area contributed by atoms with Gasteiger partial charge in [-0.1, -0.05) is 6.07 Å². The first-order valence-electron chi connectivity index (χ1n) is 6.08. The number of benzene rings is 1. The van der Waals surface area contributed by atoms with Gasteiger partial charge in [0.15, 0.2) is 0 Å². The van der Waals surface area contributed by atoms with E-state index in [9.17, 15) is 14.9 Å². The normalized spacial score (nSPS) is 9.76. The highest BCUT2D eigenvalue weighted by Crippen LogP contribution is 2.24. The molecule has 0 unspecified atom stereocenters. The lowest BCUT2D eigenvalue weighted by atomic mass is 10.1. The van der Waals surface area contributed by atoms with E-state index in [0.29, 0.717) is 26.2 Å². The maximum absolute atomic E-state index is 11.9. The van der Waals surface area contributed by atoms with E-state index in [1.165, 1.54) is 18.2 Å². The number of anilines is 1. The number of carbonyl (C=O) groups excluding carboxylic acids is 1. The van der Waals surface area contributed by atoms with Crippen molar-refractivity contribution in [2.75, 3.05) is 39.1 Å². The van der Waals surface area contributed by atoms with Crippen molar-refractivity contribution in [2.45, 2.75) is 0 Å². The SMILES string of the molecule is COCCNCCNC(=O)c1cccc([N+](=O)[O-])c1N.Cl. The van der Waals surface area contributed by atoms with Crippen LogP contribution in [-0.4, -0.2) is 44.2 Å². The summed E-state index contributed by atoms with van der Waals surface area (Å²) >= 11 is 0. The summed E-state index contributed by atoms with van der Waals surface area (Å²) in [5, 5.41) is 16.4. The second-order valence-electron chi connectivity index (χ2n) is 3.99. The lowest BCUT2D eigenvalue weighted by Gasteiger charge is -2.08. The smallest absolute Gasteiger partial charge is 0.292 e. The predicted octanol–water partition coefficient (Wildman–Crippen LogP) is 0.565. The quantitative estimate of drug-likeness (QED) is 0.279. The Morgan fingerprint density at radius 1 is 1.38 bits per heavy atom. The van der Waals surface area contributed by atoms with Gasteiger partial charge >= 0.3 is 0 Å². The van der Waals surface area contributed by atoms with Crippen LogP contribution in [0.1, 0.15) is 10.4 Å². The van der Waals surface area contributed by atoms with Gasteiger partial charge in [-0.3, -0.25) is 14.9 Å². The Labute approximate surface area is 128 Å². The number of hydrogen-bond donors (Lipinski definition) is 3. The van der Waals surface area contributed by atoms with Gasteiger partial charge in [-0.2, -0.15) is 0 Å². The standard InChI is InChI=1S/C12H18N4O4.ClH/c1-20-8-7-14-5-6-15-12(17)9-3-2-4-10(11(9)13)16(18)19;/h2-4,14H,5-8,13H2,1H3,(H,15,17);1H. The molecule has 1 aromatic carbocycles. The summed E-state index contributed by atoms with van der Waals surface area (Å²) in [6.45, 7) is 2.24. The number of rotatable bonds is 8. The van der Waals surface area contributed by atoms with Crippen LogP contribution in [-0.2, 0) is 4.74 Å². The predicted molar refractivity (Wildman–Crippen MR) is 81.8 cm³/mol. The third-order valence-electron chi connectivity index (χ3n) is 2.59. The van der Waals surface area contributed by atoms with Crippen LogP contribution in [0.5, 0.6) is 0 Å². The Hall–Kier alpha value is -1.90. The van der Waals surface area contributed by atoms with E-state index in [0.717, 1.165) is 0 Å². The van der Waals surface area contributed by atoms with Gasteiger partial charge in [-0.15, -0.1) is 12.4 Å². The van der Waals surface area contributed by atoms with Gasteiger partial charge in [0.05, 0.1) is 17.1 Å². The Morgan fingerprint density at radius 2 is 2.10 bits per heavy atom. The van der Waals surface area contributed by atoms with E-state index in [4.69, 9.17) is 10.5 Å². The van der Waals surface area contributed by atoms with Crippen molar-refractivity contribution in [3.63, 3.8) is 0 Å². The number of nitrogens with two attached hydrogens (primary N) is 1. The number of nitrogens with zero attached hydrogens (tertiary/aromatic N) is 1. The molecule has 0 aliphatic carbocycles. The van der Waals surface area contributed by atoms with E-state index in [2.05, 4.69) is 10.6 Å². The number of hydrogen-bond acceptors (Lipinski definition) is 6. The largest absolute Gasteiger partial charge is 0.393 e. The first-order chi connectivity index (χ1) is 9.57. The fourth-order valence-electron chi connectivity index (χ4n) is 1.57. The zero-order valence-corrected chi connectivity index (χ0v) is 12.4. The summed E-state index contributed by atoms with van der Waals surface area (Å²) in [7, 11) is 1.61. The fourth-order valence-corrected chi connectivity index (χ4v) is 1.57. The lowest BCUT2D eigenvalue weighted by Crippen LogP contribution is -2.33. The first-order valence-corrected chi connectivity index (χ1v) is 6.08. The molecule has 0 spiro atoms. The van der Waals surface area contributed by atoms with Crippen LogP contribution in [0, 0.1) is 10.1 Å². The topological polar surface area (TPSA) is 120 Å². The number of amides is 1. The van der Waals surface area contributed by atoms with Gasteiger partial charge in [0.25, 0.3) is 11.6 Å². The zero-order chi connectivity index (χ0) is 15.0. The van der Waals surface area contributed by atoms with Crippen molar-refractivity contribution in [3.8, 4) is 0 Å². The van der Waals surface area contributed by atoms with Crippen molar-refractivity contribution in [2.24, 2.45) is 0 Å². The van der Waals surface area contributed by atoms with Crippen molar-refractivity contribution >= 4 is 29.7 Å². The maximum atomic E-state index is 11.9. The molecule has 1 aromatic rings. The van der Waals surface area contributed by atoms with Crippen LogP contribution in [0.25, 0.3) is 0 Å². The minimum Gasteiger partial charge on any atom is -0.393 e. The molecule has 8 nitrogen and oxygen atoms in total. The monoisotopic (exact) mass is 318 g/mol. The van der Waals surface area contributed by atoms with Crippen LogP contribution in [0.15, 0.2) is 18.2 Å². The van der Waals surface area contributed by atoms with Gasteiger partial charge in [0.1, 0.15) is 5.69 Å². The molecule has 0 bridgehead atoms. The van der Waals surface area contributed by atoms with Gasteiger partial charge < -0.3 is 21.1 Å². The van der Waals surface area contributed by atoms with Crippen molar-refractivity contribution in [3.05, 3.63) is 33.9 Å². The number of methoxy groups -OCH3 is 1. The minimum atomic E-state index is -0.613. The summed E-state index contributed by atoms with van der Waals surface area (Å²) in [6.07, 6.45) is 0. The third-order valence-corrected chi connectivity index (χ3v) is 2.59. The molecule has 0 saturated heterocycles. The number of nitrogen functional groups attached to an aromatic ring is 1. The van der Waals surface area contributed by atoms with Crippen molar-refractivity contribution in [1.82, 2.24) is 10.6 Å². The fraction of sp³-hybridized carbons (Fsp3) is 0.417. The first kappa shape index (κ1) is 19.1. The molecule has 9 heteroatoms. The van der Waals surface area contributed by atoms with Crippen LogP contribution in [0.2, 0.25) is 0 Å². The van der Waals surface area contributed by atoms with Gasteiger partial charge in [-0.05, 0) is 6.07 Å². The van der Waals surface area contributed by atoms with E-state index >= 15 is 0 Å². The van der Waals surface area contributed by atoms with Crippen LogP contribution >= 0.6 is 12.4 Å². The number of halogens is 1. The molecule has 0 saturated carbocycles. The van der Waals surface area contributed by atoms with Gasteiger partial charge in [0, 0.05) is 32.8 Å². The highest BCUT2D eigenvalue weighted by molar-refractivity contribution is 6.00. The summed E-state index contributed by atoms with van der Waals surface area (Å²) in [5.41, 5.74) is 5.34. The third kappa shape index (κ3) is 5.94. The number of carbonyl (C=O) groups is 1. The van der Waals surface area contributed by atoms with Crippen molar-refractivity contribution < 1.29 is 14.5 Å². The zero-order valence-electron chi connectivity index (χ0n) is 11.6. The Bertz CT molecular complexity index is 484. The van der Waals surface area contributed by atoms with E-state index in [1.54, 1.807) is 7.11 Å². The highest BCUT2D eigenvalue weighted by Gasteiger charge is 2.18. The molecule has 118 valence electrons. The number of nitro groups is 1. The molecule has 21 heavy (non-hydrogen) atoms. The molecular formula is C12H19ClN4O4. The average molecular weight is 319 g/mol. The number of para-hydroxylation sites is 1.